The maximum absolute atomic E-state index is 11.4. The molecule has 1 rings (SSSR count). The molecule has 0 aliphatic carbocycles. The van der Waals surface area contributed by atoms with Gasteiger partial charge in [-0.25, -0.2) is 4.79 Å². The molecule has 2 unspecified atom stereocenters. The van der Waals surface area contributed by atoms with E-state index in [1.807, 2.05) is 6.92 Å². The van der Waals surface area contributed by atoms with Crippen LogP contribution in [0.4, 0.5) is 4.79 Å². The van der Waals surface area contributed by atoms with Crippen LogP contribution in [0.2, 0.25) is 0 Å². The van der Waals surface area contributed by atoms with Gasteiger partial charge in [0.2, 0.25) is 0 Å². The fraction of sp³-hybridized carbons (Fsp3) is 0.889. The van der Waals surface area contributed by atoms with Crippen LogP contribution in [0.5, 0.6) is 0 Å². The second-order valence-electron chi connectivity index (χ2n) is 3.36. The molecular formula is C9H17NO4. The summed E-state index contributed by atoms with van der Waals surface area (Å²) >= 11 is 0. The zero-order valence-electron chi connectivity index (χ0n) is 8.60. The molecule has 0 bridgehead atoms. The highest BCUT2D eigenvalue weighted by Crippen LogP contribution is 2.11. The molecule has 2 atom stereocenters. The van der Waals surface area contributed by atoms with Gasteiger partial charge < -0.3 is 19.5 Å². The average molecular weight is 203 g/mol. The second-order valence-corrected chi connectivity index (χ2v) is 3.36. The van der Waals surface area contributed by atoms with Crippen LogP contribution in [0, 0.1) is 0 Å². The maximum Gasteiger partial charge on any atom is 0.409 e. The van der Waals surface area contributed by atoms with E-state index in [-0.39, 0.29) is 24.9 Å². The van der Waals surface area contributed by atoms with Gasteiger partial charge in [0.25, 0.3) is 0 Å². The molecule has 0 spiro atoms. The van der Waals surface area contributed by atoms with E-state index >= 15 is 0 Å². The molecule has 0 saturated carbocycles. The number of amides is 1. The number of rotatable bonds is 2. The van der Waals surface area contributed by atoms with Crippen molar-refractivity contribution in [1.82, 2.24) is 4.90 Å². The lowest BCUT2D eigenvalue weighted by Gasteiger charge is -2.35. The van der Waals surface area contributed by atoms with E-state index in [0.717, 1.165) is 0 Å². The summed E-state index contributed by atoms with van der Waals surface area (Å²) in [5.41, 5.74) is 0. The molecule has 1 aliphatic heterocycles. The fourth-order valence-electron chi connectivity index (χ4n) is 1.51. The van der Waals surface area contributed by atoms with Crippen molar-refractivity contribution in [2.24, 2.45) is 0 Å². The lowest BCUT2D eigenvalue weighted by atomic mass is 10.2. The molecule has 1 amide bonds. The first kappa shape index (κ1) is 11.3. The van der Waals surface area contributed by atoms with Gasteiger partial charge in [-0.1, -0.05) is 0 Å². The van der Waals surface area contributed by atoms with Gasteiger partial charge in [-0.3, -0.25) is 0 Å². The average Bonchev–Trinajstić information content (AvgIpc) is 2.17. The van der Waals surface area contributed by atoms with Crippen LogP contribution in [0.15, 0.2) is 0 Å². The van der Waals surface area contributed by atoms with E-state index in [1.165, 1.54) is 0 Å². The van der Waals surface area contributed by atoms with Gasteiger partial charge >= 0.3 is 6.09 Å². The van der Waals surface area contributed by atoms with Gasteiger partial charge in [-0.15, -0.1) is 0 Å². The molecule has 5 heteroatoms. The number of ether oxygens (including phenoxy) is 2. The fourth-order valence-corrected chi connectivity index (χ4v) is 1.51. The highest BCUT2D eigenvalue weighted by molar-refractivity contribution is 5.67. The summed E-state index contributed by atoms with van der Waals surface area (Å²) in [6, 6.07) is 0. The molecule has 14 heavy (non-hydrogen) atoms. The number of hydrogen-bond acceptors (Lipinski definition) is 4. The Balaban J connectivity index is 2.48. The molecule has 0 aromatic carbocycles. The molecule has 5 nitrogen and oxygen atoms in total. The Bertz CT molecular complexity index is 197. The molecule has 1 fully saturated rings. The first-order chi connectivity index (χ1) is 6.67. The topological polar surface area (TPSA) is 59.0 Å². The van der Waals surface area contributed by atoms with E-state index in [0.29, 0.717) is 19.7 Å². The minimum atomic E-state index is -0.332. The smallest absolute Gasteiger partial charge is 0.409 e. The predicted molar refractivity (Wildman–Crippen MR) is 50.0 cm³/mol. The minimum absolute atomic E-state index is 0.0506. The number of carbonyl (C=O) groups excluding carboxylic acids is 1. The van der Waals surface area contributed by atoms with Gasteiger partial charge in [0.05, 0.1) is 38.5 Å². The summed E-state index contributed by atoms with van der Waals surface area (Å²) in [6.07, 6.45) is -0.672. The molecule has 1 aliphatic rings. The van der Waals surface area contributed by atoms with Crippen molar-refractivity contribution >= 4 is 6.09 Å². The van der Waals surface area contributed by atoms with Crippen LogP contribution in [-0.4, -0.2) is 54.6 Å². The van der Waals surface area contributed by atoms with Crippen molar-refractivity contribution in [1.29, 1.82) is 0 Å². The maximum atomic E-state index is 11.4. The van der Waals surface area contributed by atoms with Crippen molar-refractivity contribution < 1.29 is 19.4 Å². The Hall–Kier alpha value is -0.810. The molecule has 0 aromatic heterocycles. The van der Waals surface area contributed by atoms with Gasteiger partial charge in [0.1, 0.15) is 0 Å². The minimum Gasteiger partial charge on any atom is -0.450 e. The Morgan fingerprint density at radius 3 is 2.93 bits per heavy atom. The monoisotopic (exact) mass is 203 g/mol. The third-order valence-electron chi connectivity index (χ3n) is 2.06. The second kappa shape index (κ2) is 5.17. The third kappa shape index (κ3) is 2.85. The molecule has 1 heterocycles. The number of carbonyl (C=O) groups is 1. The van der Waals surface area contributed by atoms with Crippen LogP contribution in [-0.2, 0) is 9.47 Å². The largest absolute Gasteiger partial charge is 0.450 e. The highest BCUT2D eigenvalue weighted by Gasteiger charge is 2.28. The standard InChI is InChI=1S/C9H17NO4/c1-3-13-9(12)10-4-7(2)14-8(5-10)6-11/h7-8,11H,3-6H2,1-2H3. The first-order valence-corrected chi connectivity index (χ1v) is 4.85. The third-order valence-corrected chi connectivity index (χ3v) is 2.06. The van der Waals surface area contributed by atoms with Crippen molar-refractivity contribution in [2.45, 2.75) is 26.1 Å². The normalized spacial score (nSPS) is 27.5. The van der Waals surface area contributed by atoms with Crippen molar-refractivity contribution in [3.63, 3.8) is 0 Å². The molecule has 1 saturated heterocycles. The number of morpholine rings is 1. The van der Waals surface area contributed by atoms with Gasteiger partial charge in [-0.2, -0.15) is 0 Å². The van der Waals surface area contributed by atoms with Gasteiger partial charge in [0.15, 0.2) is 0 Å². The summed E-state index contributed by atoms with van der Waals surface area (Å²) in [7, 11) is 0. The Morgan fingerprint density at radius 2 is 2.36 bits per heavy atom. The van der Waals surface area contributed by atoms with Crippen LogP contribution in [0.1, 0.15) is 13.8 Å². The Morgan fingerprint density at radius 1 is 1.64 bits per heavy atom. The molecule has 0 aromatic rings. The van der Waals surface area contributed by atoms with Crippen LogP contribution < -0.4 is 0 Å². The van der Waals surface area contributed by atoms with Crippen molar-refractivity contribution in [3.05, 3.63) is 0 Å². The SMILES string of the molecule is CCOC(=O)N1CC(C)OC(CO)C1. The summed E-state index contributed by atoms with van der Waals surface area (Å²) < 4.78 is 10.3. The van der Waals surface area contributed by atoms with E-state index in [1.54, 1.807) is 11.8 Å². The Labute approximate surface area is 83.6 Å². The van der Waals surface area contributed by atoms with Crippen molar-refractivity contribution in [3.8, 4) is 0 Å². The van der Waals surface area contributed by atoms with Gasteiger partial charge in [0, 0.05) is 0 Å². The molecule has 1 N–H and O–H groups in total. The summed E-state index contributed by atoms with van der Waals surface area (Å²) in [5, 5.41) is 8.93. The number of aliphatic hydroxyl groups excluding tert-OH is 1. The summed E-state index contributed by atoms with van der Waals surface area (Å²) in [4.78, 5) is 12.9. The first-order valence-electron chi connectivity index (χ1n) is 4.85. The van der Waals surface area contributed by atoms with Crippen molar-refractivity contribution in [2.75, 3.05) is 26.3 Å². The van der Waals surface area contributed by atoms with Crippen LogP contribution >= 0.6 is 0 Å². The quantitative estimate of drug-likeness (QED) is 0.697. The Kier molecular flexibility index (Phi) is 4.16. The van der Waals surface area contributed by atoms with E-state index in [2.05, 4.69) is 0 Å². The highest BCUT2D eigenvalue weighted by atomic mass is 16.6. The van der Waals surface area contributed by atoms with Crippen LogP contribution in [0.3, 0.4) is 0 Å². The van der Waals surface area contributed by atoms with E-state index in [4.69, 9.17) is 14.6 Å². The molecule has 82 valence electrons. The summed E-state index contributed by atoms with van der Waals surface area (Å²) in [6.45, 7) is 4.86. The predicted octanol–water partition coefficient (Wildman–Crippen LogP) is 0.224. The van der Waals surface area contributed by atoms with Gasteiger partial charge in [-0.05, 0) is 13.8 Å². The zero-order chi connectivity index (χ0) is 10.6. The zero-order valence-corrected chi connectivity index (χ0v) is 8.60. The number of hydrogen-bond donors (Lipinski definition) is 1. The lowest BCUT2D eigenvalue weighted by molar-refractivity contribution is -0.0898. The van der Waals surface area contributed by atoms with E-state index < -0.39 is 0 Å². The van der Waals surface area contributed by atoms with Crippen LogP contribution in [0.25, 0.3) is 0 Å². The number of aliphatic hydroxyl groups is 1. The summed E-state index contributed by atoms with van der Waals surface area (Å²) in [5.74, 6) is 0. The lowest BCUT2D eigenvalue weighted by Crippen LogP contribution is -2.50. The number of nitrogens with zero attached hydrogens (tertiary/aromatic N) is 1. The molecule has 0 radical (unpaired) electrons. The van der Waals surface area contributed by atoms with E-state index in [9.17, 15) is 4.79 Å². The molecular weight excluding hydrogens is 186 g/mol.